The summed E-state index contributed by atoms with van der Waals surface area (Å²) in [7, 11) is -3.81. The van der Waals surface area contributed by atoms with Crippen LogP contribution in [0.3, 0.4) is 0 Å². The number of halogens is 2. The maximum absolute atomic E-state index is 12.1. The lowest BCUT2D eigenvalue weighted by Crippen LogP contribution is -2.38. The first-order valence-electron chi connectivity index (χ1n) is 5.84. The highest BCUT2D eigenvalue weighted by Gasteiger charge is 2.25. The zero-order valence-electron chi connectivity index (χ0n) is 10.3. The largest absolute Gasteiger partial charge is 0.396 e. The van der Waals surface area contributed by atoms with Gasteiger partial charge in [0.2, 0.25) is 15.9 Å². The maximum Gasteiger partial charge on any atom is 0.242 e. The molecule has 0 aromatic heterocycles. The summed E-state index contributed by atoms with van der Waals surface area (Å²) in [5.74, 6) is -0.0806. The zero-order chi connectivity index (χ0) is 14.9. The van der Waals surface area contributed by atoms with Crippen LogP contribution in [-0.2, 0) is 14.8 Å². The normalized spacial score (nSPS) is 19.1. The number of carbonyl (C=O) groups excluding carboxylic acids is 1. The molecule has 0 saturated carbocycles. The van der Waals surface area contributed by atoms with Gasteiger partial charge in [-0.1, -0.05) is 23.2 Å². The van der Waals surface area contributed by atoms with Gasteiger partial charge in [-0.3, -0.25) is 4.79 Å². The minimum absolute atomic E-state index is 0.0189. The van der Waals surface area contributed by atoms with Crippen molar-refractivity contribution in [2.45, 2.75) is 23.8 Å². The Balaban J connectivity index is 2.14. The first-order chi connectivity index (χ1) is 9.31. The van der Waals surface area contributed by atoms with Crippen LogP contribution in [0.15, 0.2) is 17.0 Å². The van der Waals surface area contributed by atoms with E-state index in [1.54, 1.807) is 0 Å². The number of rotatable bonds is 4. The third kappa shape index (κ3) is 3.17. The van der Waals surface area contributed by atoms with Crippen molar-refractivity contribution in [1.82, 2.24) is 10.0 Å². The number of hydrogen-bond donors (Lipinski definition) is 3. The second-order valence-corrected chi connectivity index (χ2v) is 6.95. The summed E-state index contributed by atoms with van der Waals surface area (Å²) in [6.45, 7) is 0.104. The van der Waals surface area contributed by atoms with Crippen LogP contribution >= 0.6 is 23.2 Å². The molecule has 6 nitrogen and oxygen atoms in total. The van der Waals surface area contributed by atoms with E-state index in [0.29, 0.717) is 12.8 Å². The highest BCUT2D eigenvalue weighted by molar-refractivity contribution is 7.89. The van der Waals surface area contributed by atoms with Crippen LogP contribution in [0.2, 0.25) is 10.0 Å². The number of carbonyl (C=O) groups is 1. The predicted octanol–water partition coefficient (Wildman–Crippen LogP) is 1.13. The molecule has 1 fully saturated rings. The standard InChI is InChI=1S/C11H13Cl2N3O3S/c12-7-2-3-8(10(13)11(7)14)20(18,19)15-5-6-1-4-9(17)16-6/h2-3,6,15H,1,4-5,14H2,(H,16,17). The summed E-state index contributed by atoms with van der Waals surface area (Å²) in [4.78, 5) is 10.9. The fraction of sp³-hybridized carbons (Fsp3) is 0.364. The van der Waals surface area contributed by atoms with Crippen molar-refractivity contribution in [3.63, 3.8) is 0 Å². The van der Waals surface area contributed by atoms with Gasteiger partial charge in [0.05, 0.1) is 15.7 Å². The number of amides is 1. The molecular weight excluding hydrogens is 325 g/mol. The Morgan fingerprint density at radius 2 is 2.10 bits per heavy atom. The van der Waals surface area contributed by atoms with Gasteiger partial charge in [0.25, 0.3) is 0 Å². The smallest absolute Gasteiger partial charge is 0.242 e. The van der Waals surface area contributed by atoms with E-state index in [4.69, 9.17) is 28.9 Å². The van der Waals surface area contributed by atoms with Crippen molar-refractivity contribution < 1.29 is 13.2 Å². The summed E-state index contributed by atoms with van der Waals surface area (Å²) >= 11 is 11.7. The van der Waals surface area contributed by atoms with Gasteiger partial charge >= 0.3 is 0 Å². The average Bonchev–Trinajstić information content (AvgIpc) is 2.79. The van der Waals surface area contributed by atoms with E-state index in [1.165, 1.54) is 12.1 Å². The number of benzene rings is 1. The molecule has 0 aliphatic carbocycles. The molecule has 1 aliphatic heterocycles. The third-order valence-electron chi connectivity index (χ3n) is 2.99. The summed E-state index contributed by atoms with van der Waals surface area (Å²) in [6.07, 6.45) is 0.999. The monoisotopic (exact) mass is 337 g/mol. The molecule has 110 valence electrons. The van der Waals surface area contributed by atoms with Crippen LogP contribution in [0, 0.1) is 0 Å². The van der Waals surface area contributed by atoms with Gasteiger partial charge in [-0.2, -0.15) is 0 Å². The first-order valence-corrected chi connectivity index (χ1v) is 8.07. The fourth-order valence-electron chi connectivity index (χ4n) is 1.88. The average molecular weight is 338 g/mol. The Kier molecular flexibility index (Phi) is 4.43. The van der Waals surface area contributed by atoms with E-state index in [2.05, 4.69) is 10.0 Å². The number of nitrogens with two attached hydrogens (primary N) is 1. The molecule has 2 rings (SSSR count). The topological polar surface area (TPSA) is 101 Å². The van der Waals surface area contributed by atoms with Gasteiger partial charge in [0, 0.05) is 19.0 Å². The molecule has 1 heterocycles. The Hall–Kier alpha value is -1.02. The minimum Gasteiger partial charge on any atom is -0.396 e. The van der Waals surface area contributed by atoms with Crippen LogP contribution in [0.5, 0.6) is 0 Å². The minimum atomic E-state index is -3.81. The van der Waals surface area contributed by atoms with E-state index >= 15 is 0 Å². The summed E-state index contributed by atoms with van der Waals surface area (Å²) in [5, 5.41) is 2.75. The van der Waals surface area contributed by atoms with E-state index in [1.807, 2.05) is 0 Å². The van der Waals surface area contributed by atoms with Crippen LogP contribution in [0.1, 0.15) is 12.8 Å². The van der Waals surface area contributed by atoms with E-state index in [-0.39, 0.29) is 39.1 Å². The molecule has 0 bridgehead atoms. The van der Waals surface area contributed by atoms with Gasteiger partial charge in [-0.25, -0.2) is 13.1 Å². The number of hydrogen-bond acceptors (Lipinski definition) is 4. The van der Waals surface area contributed by atoms with Crippen molar-refractivity contribution >= 4 is 44.8 Å². The van der Waals surface area contributed by atoms with Gasteiger partial charge in [0.15, 0.2) is 0 Å². The van der Waals surface area contributed by atoms with Gasteiger partial charge in [0.1, 0.15) is 4.90 Å². The van der Waals surface area contributed by atoms with Crippen molar-refractivity contribution in [3.05, 3.63) is 22.2 Å². The molecule has 1 unspecified atom stereocenters. The molecule has 1 amide bonds. The third-order valence-corrected chi connectivity index (χ3v) is 5.30. The molecule has 4 N–H and O–H groups in total. The Labute approximate surface area is 126 Å². The lowest BCUT2D eigenvalue weighted by molar-refractivity contribution is -0.119. The van der Waals surface area contributed by atoms with Gasteiger partial charge < -0.3 is 11.1 Å². The second-order valence-electron chi connectivity index (χ2n) is 4.43. The summed E-state index contributed by atoms with van der Waals surface area (Å²) < 4.78 is 26.7. The van der Waals surface area contributed by atoms with Crippen LogP contribution in [-0.4, -0.2) is 26.9 Å². The first kappa shape index (κ1) is 15.4. The summed E-state index contributed by atoms with van der Waals surface area (Å²) in [6, 6.07) is 2.45. The molecule has 1 aliphatic rings. The lowest BCUT2D eigenvalue weighted by atomic mass is 10.2. The Morgan fingerprint density at radius 1 is 1.40 bits per heavy atom. The molecular formula is C11H13Cl2N3O3S. The molecule has 0 radical (unpaired) electrons. The number of nitrogens with one attached hydrogen (secondary N) is 2. The van der Waals surface area contributed by atoms with Crippen molar-refractivity contribution in [3.8, 4) is 0 Å². The van der Waals surface area contributed by atoms with Crippen molar-refractivity contribution in [1.29, 1.82) is 0 Å². The molecule has 1 aromatic rings. The SMILES string of the molecule is Nc1c(Cl)ccc(S(=O)(=O)NCC2CCC(=O)N2)c1Cl. The molecule has 1 atom stereocenters. The Morgan fingerprint density at radius 3 is 2.70 bits per heavy atom. The zero-order valence-corrected chi connectivity index (χ0v) is 12.6. The van der Waals surface area contributed by atoms with E-state index in [9.17, 15) is 13.2 Å². The fourth-order valence-corrected chi connectivity index (χ4v) is 3.72. The highest BCUT2D eigenvalue weighted by atomic mass is 35.5. The van der Waals surface area contributed by atoms with Gasteiger partial charge in [-0.05, 0) is 18.6 Å². The number of sulfonamides is 1. The molecule has 9 heteroatoms. The molecule has 0 spiro atoms. The number of anilines is 1. The second kappa shape index (κ2) is 5.77. The molecule has 20 heavy (non-hydrogen) atoms. The highest BCUT2D eigenvalue weighted by Crippen LogP contribution is 2.32. The molecule has 1 saturated heterocycles. The predicted molar refractivity (Wildman–Crippen MR) is 77.2 cm³/mol. The maximum atomic E-state index is 12.1. The van der Waals surface area contributed by atoms with Crippen molar-refractivity contribution in [2.24, 2.45) is 0 Å². The molecule has 1 aromatic carbocycles. The van der Waals surface area contributed by atoms with Gasteiger partial charge in [-0.15, -0.1) is 0 Å². The summed E-state index contributed by atoms with van der Waals surface area (Å²) in [5.41, 5.74) is 5.62. The Bertz CT molecular complexity index is 649. The quantitative estimate of drug-likeness (QED) is 0.717. The number of nitrogen functional groups attached to an aromatic ring is 1. The van der Waals surface area contributed by atoms with Crippen LogP contribution in [0.25, 0.3) is 0 Å². The van der Waals surface area contributed by atoms with Crippen LogP contribution in [0.4, 0.5) is 5.69 Å². The van der Waals surface area contributed by atoms with Crippen molar-refractivity contribution in [2.75, 3.05) is 12.3 Å². The van der Waals surface area contributed by atoms with E-state index in [0.717, 1.165) is 0 Å². The lowest BCUT2D eigenvalue weighted by Gasteiger charge is -2.13. The van der Waals surface area contributed by atoms with Crippen LogP contribution < -0.4 is 15.8 Å². The van der Waals surface area contributed by atoms with E-state index < -0.39 is 10.0 Å².